The van der Waals surface area contributed by atoms with Crippen LogP contribution in [-0.2, 0) is 16.1 Å². The third-order valence-electron chi connectivity index (χ3n) is 5.18. The van der Waals surface area contributed by atoms with E-state index < -0.39 is 0 Å². The lowest BCUT2D eigenvalue weighted by molar-refractivity contribution is -0.143. The quantitative estimate of drug-likeness (QED) is 0.400. The number of ether oxygens (including phenoxy) is 2. The number of carbonyl (C=O) groups excluding carboxylic acids is 1. The average Bonchev–Trinajstić information content (AvgIpc) is 2.71. The zero-order valence-electron chi connectivity index (χ0n) is 19.0. The van der Waals surface area contributed by atoms with E-state index in [0.717, 1.165) is 23.4 Å². The maximum Gasteiger partial charge on any atom is 0.306 e. The number of esters is 1. The van der Waals surface area contributed by atoms with E-state index in [0.29, 0.717) is 24.1 Å². The molecule has 0 aromatic heterocycles. The summed E-state index contributed by atoms with van der Waals surface area (Å²) >= 11 is 0. The van der Waals surface area contributed by atoms with Crippen LogP contribution in [0, 0.1) is 6.92 Å². The number of nitrogens with two attached hydrogens (primary N) is 1. The van der Waals surface area contributed by atoms with Crippen molar-refractivity contribution in [2.75, 3.05) is 31.8 Å². The first-order valence-corrected chi connectivity index (χ1v) is 10.4. The predicted molar refractivity (Wildman–Crippen MR) is 123 cm³/mol. The molecule has 0 radical (unpaired) electrons. The summed E-state index contributed by atoms with van der Waals surface area (Å²) in [6.45, 7) is 9.30. The first-order valence-electron chi connectivity index (χ1n) is 10.4. The van der Waals surface area contributed by atoms with Crippen LogP contribution in [0.4, 0.5) is 11.4 Å². The summed E-state index contributed by atoms with van der Waals surface area (Å²) < 4.78 is 10.8. The van der Waals surface area contributed by atoms with Gasteiger partial charge in [-0.25, -0.2) is 0 Å². The van der Waals surface area contributed by atoms with Gasteiger partial charge < -0.3 is 25.8 Å². The van der Waals surface area contributed by atoms with Crippen LogP contribution in [0.1, 0.15) is 55.4 Å². The molecular weight excluding hydrogens is 378 g/mol. The molecule has 0 saturated carbocycles. The van der Waals surface area contributed by atoms with Gasteiger partial charge in [-0.05, 0) is 48.2 Å². The summed E-state index contributed by atoms with van der Waals surface area (Å²) in [7, 11) is 3.42. The lowest BCUT2D eigenvalue weighted by atomic mass is 9.86. The Morgan fingerprint density at radius 1 is 1.17 bits per heavy atom. The number of carbonyl (C=O) groups is 1. The Kier molecular flexibility index (Phi) is 8.54. The molecule has 1 atom stereocenters. The van der Waals surface area contributed by atoms with Crippen molar-refractivity contribution in [1.29, 1.82) is 0 Å². The molecule has 2 aromatic rings. The van der Waals surface area contributed by atoms with Crippen molar-refractivity contribution < 1.29 is 14.3 Å². The van der Waals surface area contributed by atoms with Crippen LogP contribution < -0.4 is 21.1 Å². The van der Waals surface area contributed by atoms with Gasteiger partial charge in [0.2, 0.25) is 0 Å². The van der Waals surface area contributed by atoms with Crippen LogP contribution in [-0.4, -0.2) is 32.8 Å². The smallest absolute Gasteiger partial charge is 0.306 e. The van der Waals surface area contributed by atoms with Crippen LogP contribution in [0.2, 0.25) is 0 Å². The molecule has 2 rings (SSSR count). The SMILES string of the molecule is CCOC(=O)CC(c1ccc(C)c(CNC(C)C)c1)c1cc(N)c(NC)c(OC)c1. The monoisotopic (exact) mass is 413 g/mol. The highest BCUT2D eigenvalue weighted by Crippen LogP contribution is 2.38. The minimum absolute atomic E-state index is 0.190. The van der Waals surface area contributed by atoms with Gasteiger partial charge in [0.05, 0.1) is 31.5 Å². The van der Waals surface area contributed by atoms with E-state index in [1.165, 1.54) is 11.1 Å². The molecule has 0 spiro atoms. The molecule has 30 heavy (non-hydrogen) atoms. The molecule has 6 heteroatoms. The van der Waals surface area contributed by atoms with Crippen molar-refractivity contribution in [3.05, 3.63) is 52.6 Å². The van der Waals surface area contributed by atoms with Crippen molar-refractivity contribution >= 4 is 17.3 Å². The maximum absolute atomic E-state index is 12.4. The summed E-state index contributed by atoms with van der Waals surface area (Å²) in [5.41, 5.74) is 12.0. The van der Waals surface area contributed by atoms with Crippen LogP contribution >= 0.6 is 0 Å². The molecule has 1 unspecified atom stereocenters. The van der Waals surface area contributed by atoms with Crippen LogP contribution in [0.15, 0.2) is 30.3 Å². The third kappa shape index (κ3) is 5.89. The second-order valence-electron chi connectivity index (χ2n) is 7.72. The Labute approximate surface area is 180 Å². The molecule has 0 fully saturated rings. The largest absolute Gasteiger partial charge is 0.494 e. The number of benzene rings is 2. The highest BCUT2D eigenvalue weighted by molar-refractivity contribution is 5.76. The Hall–Kier alpha value is -2.73. The molecular formula is C24H35N3O3. The summed E-state index contributed by atoms with van der Waals surface area (Å²) in [5, 5.41) is 6.55. The number of nitrogen functional groups attached to an aromatic ring is 1. The maximum atomic E-state index is 12.4. The number of rotatable bonds is 10. The minimum atomic E-state index is -0.236. The molecule has 0 aliphatic rings. The van der Waals surface area contributed by atoms with E-state index in [4.69, 9.17) is 15.2 Å². The highest BCUT2D eigenvalue weighted by Gasteiger charge is 2.22. The van der Waals surface area contributed by atoms with Gasteiger partial charge in [-0.3, -0.25) is 4.79 Å². The molecule has 164 valence electrons. The molecule has 0 bridgehead atoms. The molecule has 0 aliphatic carbocycles. The molecule has 0 saturated heterocycles. The second kappa shape index (κ2) is 10.9. The van der Waals surface area contributed by atoms with E-state index in [9.17, 15) is 4.79 Å². The van der Waals surface area contributed by atoms with Gasteiger partial charge in [-0.2, -0.15) is 0 Å². The minimum Gasteiger partial charge on any atom is -0.494 e. The average molecular weight is 414 g/mol. The zero-order valence-corrected chi connectivity index (χ0v) is 19.0. The Balaban J connectivity index is 2.52. The van der Waals surface area contributed by atoms with Gasteiger partial charge in [0.25, 0.3) is 0 Å². The highest BCUT2D eigenvalue weighted by atomic mass is 16.5. The van der Waals surface area contributed by atoms with Crippen molar-refractivity contribution in [3.63, 3.8) is 0 Å². The first-order chi connectivity index (χ1) is 14.3. The second-order valence-corrected chi connectivity index (χ2v) is 7.72. The van der Waals surface area contributed by atoms with Crippen LogP contribution in [0.25, 0.3) is 0 Å². The van der Waals surface area contributed by atoms with E-state index in [2.05, 4.69) is 49.6 Å². The molecule has 0 amide bonds. The van der Waals surface area contributed by atoms with E-state index in [-0.39, 0.29) is 18.3 Å². The lowest BCUT2D eigenvalue weighted by Crippen LogP contribution is -2.22. The van der Waals surface area contributed by atoms with Gasteiger partial charge in [0.1, 0.15) is 5.75 Å². The number of methoxy groups -OCH3 is 1. The lowest BCUT2D eigenvalue weighted by Gasteiger charge is -2.22. The number of nitrogens with one attached hydrogen (secondary N) is 2. The van der Waals surface area contributed by atoms with Crippen molar-refractivity contribution in [1.82, 2.24) is 5.32 Å². The van der Waals surface area contributed by atoms with Gasteiger partial charge in [0, 0.05) is 25.6 Å². The molecule has 0 aliphatic heterocycles. The summed E-state index contributed by atoms with van der Waals surface area (Å²) in [6.07, 6.45) is 0.232. The number of hydrogen-bond donors (Lipinski definition) is 3. The number of hydrogen-bond acceptors (Lipinski definition) is 6. The normalized spacial score (nSPS) is 12.0. The number of aryl methyl sites for hydroxylation is 1. The van der Waals surface area contributed by atoms with Gasteiger partial charge in [-0.15, -0.1) is 0 Å². The van der Waals surface area contributed by atoms with Crippen LogP contribution in [0.5, 0.6) is 5.75 Å². The van der Waals surface area contributed by atoms with Gasteiger partial charge in [-0.1, -0.05) is 32.0 Å². The fraction of sp³-hybridized carbons (Fsp3) is 0.458. The Morgan fingerprint density at radius 2 is 1.90 bits per heavy atom. The predicted octanol–water partition coefficient (Wildman–Crippen LogP) is 4.21. The third-order valence-corrected chi connectivity index (χ3v) is 5.18. The van der Waals surface area contributed by atoms with Crippen molar-refractivity contribution in [3.8, 4) is 5.75 Å². The van der Waals surface area contributed by atoms with Gasteiger partial charge >= 0.3 is 5.97 Å². The summed E-state index contributed by atoms with van der Waals surface area (Å²) in [6, 6.07) is 10.6. The summed E-state index contributed by atoms with van der Waals surface area (Å²) in [5.74, 6) is 0.222. The molecule has 4 N–H and O–H groups in total. The van der Waals surface area contributed by atoms with Crippen LogP contribution in [0.3, 0.4) is 0 Å². The van der Waals surface area contributed by atoms with Crippen molar-refractivity contribution in [2.24, 2.45) is 0 Å². The number of anilines is 2. The van der Waals surface area contributed by atoms with Crippen molar-refractivity contribution in [2.45, 2.75) is 52.6 Å². The topological polar surface area (TPSA) is 85.6 Å². The fourth-order valence-corrected chi connectivity index (χ4v) is 3.52. The van der Waals surface area contributed by atoms with E-state index in [1.54, 1.807) is 14.2 Å². The first kappa shape index (κ1) is 23.5. The summed E-state index contributed by atoms with van der Waals surface area (Å²) in [4.78, 5) is 12.4. The van der Waals surface area contributed by atoms with E-state index >= 15 is 0 Å². The molecule has 0 heterocycles. The fourth-order valence-electron chi connectivity index (χ4n) is 3.52. The Morgan fingerprint density at radius 3 is 2.50 bits per heavy atom. The standard InChI is InChI=1S/C24H35N3O3/c1-7-30-23(28)13-20(18-11-21(25)24(26-5)22(12-18)29-6)17-9-8-16(4)19(10-17)14-27-15(2)3/h8-12,15,20,26-27H,7,13-14,25H2,1-6H3. The molecule has 6 nitrogen and oxygen atoms in total. The zero-order chi connectivity index (χ0) is 22.3. The van der Waals surface area contributed by atoms with Gasteiger partial charge in [0.15, 0.2) is 0 Å². The Bertz CT molecular complexity index is 865. The van der Waals surface area contributed by atoms with E-state index in [1.807, 2.05) is 19.1 Å². The molecule has 2 aromatic carbocycles.